The normalized spacial score (nSPS) is 12.4. The molecular weight excluding hydrogens is 279 g/mol. The first-order valence-corrected chi connectivity index (χ1v) is 6.83. The highest BCUT2D eigenvalue weighted by Crippen LogP contribution is 2.28. The average Bonchev–Trinajstić information content (AvgIpc) is 2.41. The summed E-state index contributed by atoms with van der Waals surface area (Å²) < 4.78 is 0. The van der Waals surface area contributed by atoms with Crippen LogP contribution in [-0.4, -0.2) is 0 Å². The lowest BCUT2D eigenvalue weighted by Gasteiger charge is -2.19. The highest BCUT2D eigenvalue weighted by Gasteiger charge is 2.15. The van der Waals surface area contributed by atoms with Crippen molar-refractivity contribution in [1.82, 2.24) is 5.43 Å². The Bertz CT molecular complexity index is 570. The fourth-order valence-electron chi connectivity index (χ4n) is 2.10. The van der Waals surface area contributed by atoms with Crippen molar-refractivity contribution in [2.75, 3.05) is 0 Å². The molecule has 0 saturated carbocycles. The van der Waals surface area contributed by atoms with Crippen LogP contribution in [0.15, 0.2) is 42.5 Å². The first-order chi connectivity index (χ1) is 9.11. The van der Waals surface area contributed by atoms with E-state index in [1.165, 1.54) is 11.1 Å². The van der Waals surface area contributed by atoms with Gasteiger partial charge in [-0.05, 0) is 48.2 Å². The molecule has 0 spiro atoms. The minimum Gasteiger partial charge on any atom is -0.271 e. The van der Waals surface area contributed by atoms with E-state index in [0.29, 0.717) is 10.0 Å². The molecule has 0 saturated heterocycles. The largest absolute Gasteiger partial charge is 0.271 e. The summed E-state index contributed by atoms with van der Waals surface area (Å²) in [5.41, 5.74) is 6.21. The summed E-state index contributed by atoms with van der Waals surface area (Å²) in [5, 5.41) is 1.32. The van der Waals surface area contributed by atoms with Crippen molar-refractivity contribution in [3.8, 4) is 0 Å². The van der Waals surface area contributed by atoms with Crippen molar-refractivity contribution < 1.29 is 0 Å². The number of rotatable bonds is 4. The summed E-state index contributed by atoms with van der Waals surface area (Å²) in [7, 11) is 0. The van der Waals surface area contributed by atoms with Crippen molar-refractivity contribution in [2.45, 2.75) is 19.4 Å². The Morgan fingerprint density at radius 1 is 1.16 bits per heavy atom. The molecule has 2 aromatic carbocycles. The van der Waals surface area contributed by atoms with Crippen LogP contribution >= 0.6 is 23.2 Å². The zero-order valence-electron chi connectivity index (χ0n) is 10.7. The molecule has 100 valence electrons. The molecule has 2 rings (SSSR count). The average molecular weight is 295 g/mol. The van der Waals surface area contributed by atoms with E-state index in [-0.39, 0.29) is 6.04 Å². The molecule has 0 bridgehead atoms. The minimum absolute atomic E-state index is 0.0627. The predicted octanol–water partition coefficient (Wildman–Crippen LogP) is 4.05. The van der Waals surface area contributed by atoms with Crippen molar-refractivity contribution >= 4 is 23.2 Å². The third kappa shape index (κ3) is 3.48. The lowest BCUT2D eigenvalue weighted by atomic mass is 9.96. The van der Waals surface area contributed by atoms with E-state index < -0.39 is 0 Å². The van der Waals surface area contributed by atoms with E-state index in [2.05, 4.69) is 24.5 Å². The Kier molecular flexibility index (Phi) is 4.83. The van der Waals surface area contributed by atoms with Crippen LogP contribution in [0.4, 0.5) is 0 Å². The summed E-state index contributed by atoms with van der Waals surface area (Å²) in [6.45, 7) is 2.09. The third-order valence-electron chi connectivity index (χ3n) is 3.22. The Morgan fingerprint density at radius 3 is 2.58 bits per heavy atom. The van der Waals surface area contributed by atoms with E-state index in [1.807, 2.05) is 18.2 Å². The van der Waals surface area contributed by atoms with Gasteiger partial charge in [-0.2, -0.15) is 0 Å². The van der Waals surface area contributed by atoms with Crippen molar-refractivity contribution in [3.05, 3.63) is 69.2 Å². The number of hydrogen-bond acceptors (Lipinski definition) is 2. The molecule has 0 amide bonds. The van der Waals surface area contributed by atoms with Crippen LogP contribution in [0.5, 0.6) is 0 Å². The third-order valence-corrected chi connectivity index (χ3v) is 3.80. The molecule has 0 fully saturated rings. The van der Waals surface area contributed by atoms with E-state index in [4.69, 9.17) is 29.0 Å². The maximum absolute atomic E-state index is 6.22. The van der Waals surface area contributed by atoms with Crippen LogP contribution in [0.3, 0.4) is 0 Å². The first-order valence-electron chi connectivity index (χ1n) is 6.07. The van der Waals surface area contributed by atoms with Gasteiger partial charge in [-0.15, -0.1) is 0 Å². The van der Waals surface area contributed by atoms with Crippen LogP contribution in [-0.2, 0) is 6.42 Å². The number of benzene rings is 2. The monoisotopic (exact) mass is 294 g/mol. The molecule has 0 aliphatic heterocycles. The Balaban J connectivity index is 2.30. The molecule has 0 heterocycles. The zero-order chi connectivity index (χ0) is 13.8. The van der Waals surface area contributed by atoms with Gasteiger partial charge in [-0.1, -0.05) is 47.5 Å². The number of nitrogens with two attached hydrogens (primary N) is 1. The topological polar surface area (TPSA) is 38.0 Å². The lowest BCUT2D eigenvalue weighted by Crippen LogP contribution is -2.30. The SMILES string of the molecule is Cc1ccccc1CC(NN)c1cc(Cl)ccc1Cl. The van der Waals surface area contributed by atoms with Crippen LogP contribution in [0.1, 0.15) is 22.7 Å². The molecule has 0 aliphatic rings. The number of nitrogens with one attached hydrogen (secondary N) is 1. The standard InChI is InChI=1S/C15H16Cl2N2/c1-10-4-2-3-5-11(10)8-15(19-18)13-9-12(16)6-7-14(13)17/h2-7,9,15,19H,8,18H2,1H3. The van der Waals surface area contributed by atoms with Gasteiger partial charge in [0.15, 0.2) is 0 Å². The summed E-state index contributed by atoms with van der Waals surface area (Å²) in [6, 6.07) is 13.6. The van der Waals surface area contributed by atoms with E-state index in [9.17, 15) is 0 Å². The molecule has 3 N–H and O–H groups in total. The van der Waals surface area contributed by atoms with Crippen molar-refractivity contribution in [3.63, 3.8) is 0 Å². The molecule has 0 radical (unpaired) electrons. The molecule has 2 nitrogen and oxygen atoms in total. The second-order valence-electron chi connectivity index (χ2n) is 4.52. The van der Waals surface area contributed by atoms with Crippen molar-refractivity contribution in [1.29, 1.82) is 0 Å². The quantitative estimate of drug-likeness (QED) is 0.659. The van der Waals surface area contributed by atoms with Gasteiger partial charge < -0.3 is 0 Å². The maximum atomic E-state index is 6.22. The molecule has 0 aromatic heterocycles. The second kappa shape index (κ2) is 6.40. The smallest absolute Gasteiger partial charge is 0.0515 e. The maximum Gasteiger partial charge on any atom is 0.0515 e. The van der Waals surface area contributed by atoms with Gasteiger partial charge in [0.25, 0.3) is 0 Å². The zero-order valence-corrected chi connectivity index (χ0v) is 12.2. The van der Waals surface area contributed by atoms with E-state index in [0.717, 1.165) is 12.0 Å². The van der Waals surface area contributed by atoms with Gasteiger partial charge in [0.05, 0.1) is 6.04 Å². The fourth-order valence-corrected chi connectivity index (χ4v) is 2.53. The van der Waals surface area contributed by atoms with Gasteiger partial charge in [-0.25, -0.2) is 0 Å². The second-order valence-corrected chi connectivity index (χ2v) is 5.36. The Hall–Kier alpha value is -1.06. The van der Waals surface area contributed by atoms with Crippen LogP contribution in [0.25, 0.3) is 0 Å². The van der Waals surface area contributed by atoms with Gasteiger partial charge in [0.2, 0.25) is 0 Å². The van der Waals surface area contributed by atoms with E-state index >= 15 is 0 Å². The number of aryl methyl sites for hydroxylation is 1. The van der Waals surface area contributed by atoms with Gasteiger partial charge >= 0.3 is 0 Å². The lowest BCUT2D eigenvalue weighted by molar-refractivity contribution is 0.551. The highest BCUT2D eigenvalue weighted by molar-refractivity contribution is 6.33. The Morgan fingerprint density at radius 2 is 1.89 bits per heavy atom. The van der Waals surface area contributed by atoms with Crippen LogP contribution in [0, 0.1) is 6.92 Å². The van der Waals surface area contributed by atoms with E-state index in [1.54, 1.807) is 12.1 Å². The number of hydrogen-bond donors (Lipinski definition) is 2. The molecule has 1 atom stereocenters. The number of hydrazine groups is 1. The van der Waals surface area contributed by atoms with Gasteiger partial charge in [0.1, 0.15) is 0 Å². The fraction of sp³-hybridized carbons (Fsp3) is 0.200. The molecular formula is C15H16Cl2N2. The Labute approximate surface area is 123 Å². The molecule has 2 aromatic rings. The molecule has 0 aliphatic carbocycles. The molecule has 4 heteroatoms. The summed E-state index contributed by atoms with van der Waals surface area (Å²) in [4.78, 5) is 0. The number of halogens is 2. The van der Waals surface area contributed by atoms with Gasteiger partial charge in [0, 0.05) is 10.0 Å². The summed E-state index contributed by atoms with van der Waals surface area (Å²) >= 11 is 12.2. The highest BCUT2D eigenvalue weighted by atomic mass is 35.5. The molecule has 1 unspecified atom stereocenters. The van der Waals surface area contributed by atoms with Crippen LogP contribution in [0.2, 0.25) is 10.0 Å². The first kappa shape index (κ1) is 14.4. The predicted molar refractivity (Wildman–Crippen MR) is 81.4 cm³/mol. The van der Waals surface area contributed by atoms with Crippen molar-refractivity contribution in [2.24, 2.45) is 5.84 Å². The molecule has 19 heavy (non-hydrogen) atoms. The summed E-state index contributed by atoms with van der Waals surface area (Å²) in [5.74, 6) is 5.67. The van der Waals surface area contributed by atoms with Crippen LogP contribution < -0.4 is 11.3 Å². The minimum atomic E-state index is -0.0627. The van der Waals surface area contributed by atoms with Gasteiger partial charge in [-0.3, -0.25) is 11.3 Å². The summed E-state index contributed by atoms with van der Waals surface area (Å²) in [6.07, 6.45) is 0.767.